The van der Waals surface area contributed by atoms with Gasteiger partial charge < -0.3 is 0 Å². The van der Waals surface area contributed by atoms with Crippen LogP contribution >= 0.6 is 22.9 Å². The molecule has 0 aliphatic rings. The van der Waals surface area contributed by atoms with Gasteiger partial charge in [-0.1, -0.05) is 35.9 Å². The fourth-order valence-corrected chi connectivity index (χ4v) is 6.87. The van der Waals surface area contributed by atoms with Gasteiger partial charge in [-0.15, -0.1) is 11.3 Å². The summed E-state index contributed by atoms with van der Waals surface area (Å²) in [6.07, 6.45) is 0. The van der Waals surface area contributed by atoms with Crippen molar-refractivity contribution >= 4 is 42.8 Å². The van der Waals surface area contributed by atoms with Gasteiger partial charge in [0.1, 0.15) is 15.3 Å². The van der Waals surface area contributed by atoms with Gasteiger partial charge in [0.15, 0.2) is 9.84 Å². The average molecular weight is 460 g/mol. The first-order valence-electron chi connectivity index (χ1n) is 7.98. The summed E-state index contributed by atoms with van der Waals surface area (Å²) in [5, 5.41) is 0.634. The van der Waals surface area contributed by atoms with Crippen molar-refractivity contribution < 1.29 is 21.2 Å². The van der Waals surface area contributed by atoms with E-state index in [-0.39, 0.29) is 19.7 Å². The summed E-state index contributed by atoms with van der Waals surface area (Å²) >= 11 is 6.87. The molecule has 1 unspecified atom stereocenters. The van der Waals surface area contributed by atoms with Gasteiger partial charge in [0.25, 0.3) is 0 Å². The Hall–Kier alpha value is -1.78. The Kier molecular flexibility index (Phi) is 6.21. The average Bonchev–Trinajstić information content (AvgIpc) is 3.19. The van der Waals surface area contributed by atoms with E-state index in [1.54, 1.807) is 11.4 Å². The lowest BCUT2D eigenvalue weighted by atomic mass is 10.1. The van der Waals surface area contributed by atoms with Crippen LogP contribution in [0.2, 0.25) is 5.02 Å². The molecule has 0 aliphatic carbocycles. The van der Waals surface area contributed by atoms with Crippen LogP contribution in [0.25, 0.3) is 0 Å². The van der Waals surface area contributed by atoms with Gasteiger partial charge in [-0.3, -0.25) is 0 Å². The number of hydrogen-bond donors (Lipinski definition) is 1. The maximum atomic E-state index is 13.3. The third-order valence-electron chi connectivity index (χ3n) is 3.96. The number of sulfone groups is 1. The summed E-state index contributed by atoms with van der Waals surface area (Å²) in [7, 11) is -7.89. The fourth-order valence-electron chi connectivity index (χ4n) is 2.55. The maximum absolute atomic E-state index is 13.3. The van der Waals surface area contributed by atoms with E-state index in [9.17, 15) is 21.2 Å². The highest BCUT2D eigenvalue weighted by Crippen LogP contribution is 2.31. The minimum Gasteiger partial charge on any atom is -0.222 e. The van der Waals surface area contributed by atoms with Gasteiger partial charge in [-0.05, 0) is 47.3 Å². The van der Waals surface area contributed by atoms with E-state index in [1.807, 2.05) is 0 Å². The molecule has 5 nitrogen and oxygen atoms in total. The quantitative estimate of drug-likeness (QED) is 0.578. The Morgan fingerprint density at radius 1 is 1.00 bits per heavy atom. The van der Waals surface area contributed by atoms with E-state index < -0.39 is 37.5 Å². The summed E-state index contributed by atoms with van der Waals surface area (Å²) in [5.41, 5.74) is 0.281. The van der Waals surface area contributed by atoms with E-state index in [4.69, 9.17) is 11.6 Å². The van der Waals surface area contributed by atoms with E-state index in [0.717, 1.165) is 23.5 Å². The molecule has 10 heteroatoms. The van der Waals surface area contributed by atoms with Gasteiger partial charge in [0.2, 0.25) is 10.0 Å². The van der Waals surface area contributed by atoms with Crippen molar-refractivity contribution in [2.24, 2.45) is 0 Å². The molecule has 0 spiro atoms. The highest BCUT2D eigenvalue weighted by molar-refractivity contribution is 7.93. The van der Waals surface area contributed by atoms with Crippen molar-refractivity contribution in [3.05, 3.63) is 82.4 Å². The lowest BCUT2D eigenvalue weighted by Gasteiger charge is -2.18. The topological polar surface area (TPSA) is 80.3 Å². The molecule has 1 aromatic heterocycles. The zero-order valence-electron chi connectivity index (χ0n) is 14.2. The first kappa shape index (κ1) is 20.9. The zero-order valence-corrected chi connectivity index (χ0v) is 17.5. The largest absolute Gasteiger partial charge is 0.240 e. The second-order valence-electron chi connectivity index (χ2n) is 5.83. The molecule has 0 aliphatic heterocycles. The number of benzene rings is 2. The summed E-state index contributed by atoms with van der Waals surface area (Å²) in [4.78, 5) is -0.0774. The van der Waals surface area contributed by atoms with Crippen molar-refractivity contribution in [1.29, 1.82) is 0 Å². The van der Waals surface area contributed by atoms with Crippen LogP contribution in [0.4, 0.5) is 4.39 Å². The molecule has 28 heavy (non-hydrogen) atoms. The monoisotopic (exact) mass is 459 g/mol. The molecule has 0 saturated carbocycles. The predicted molar refractivity (Wildman–Crippen MR) is 107 cm³/mol. The summed E-state index contributed by atoms with van der Waals surface area (Å²) in [6, 6.07) is 13.6. The van der Waals surface area contributed by atoms with Crippen LogP contribution in [-0.2, 0) is 19.9 Å². The highest BCUT2D eigenvalue weighted by Gasteiger charge is 2.31. The molecule has 3 aromatic rings. The van der Waals surface area contributed by atoms with Gasteiger partial charge in [-0.2, -0.15) is 0 Å². The first-order chi connectivity index (χ1) is 13.2. The Bertz CT molecular complexity index is 1160. The van der Waals surface area contributed by atoms with Crippen LogP contribution in [0.5, 0.6) is 0 Å². The summed E-state index contributed by atoms with van der Waals surface area (Å²) < 4.78 is 66.9. The lowest BCUT2D eigenvalue weighted by Crippen LogP contribution is -2.31. The molecule has 1 atom stereocenters. The Morgan fingerprint density at radius 3 is 2.32 bits per heavy atom. The van der Waals surface area contributed by atoms with Crippen molar-refractivity contribution in [2.75, 3.05) is 6.54 Å². The van der Waals surface area contributed by atoms with Crippen molar-refractivity contribution in [3.8, 4) is 0 Å². The van der Waals surface area contributed by atoms with E-state index in [2.05, 4.69) is 4.72 Å². The number of sulfonamides is 1. The van der Waals surface area contributed by atoms with Gasteiger partial charge >= 0.3 is 0 Å². The molecule has 0 amide bonds. The van der Waals surface area contributed by atoms with Crippen molar-refractivity contribution in [2.45, 2.75) is 14.4 Å². The van der Waals surface area contributed by atoms with Crippen LogP contribution in [-0.4, -0.2) is 23.4 Å². The van der Waals surface area contributed by atoms with E-state index in [1.165, 1.54) is 42.5 Å². The maximum Gasteiger partial charge on any atom is 0.240 e. The molecule has 0 saturated heterocycles. The first-order valence-corrected chi connectivity index (χ1v) is 12.3. The fraction of sp³-hybridized carbons (Fsp3) is 0.111. The molecule has 2 aromatic carbocycles. The number of thiophene rings is 1. The smallest absolute Gasteiger partial charge is 0.222 e. The molecule has 148 valence electrons. The molecule has 0 bridgehead atoms. The van der Waals surface area contributed by atoms with Crippen LogP contribution in [0.3, 0.4) is 0 Å². The minimum absolute atomic E-state index is 0.0774. The van der Waals surface area contributed by atoms with Crippen LogP contribution in [0, 0.1) is 5.82 Å². The van der Waals surface area contributed by atoms with Gasteiger partial charge in [0, 0.05) is 11.6 Å². The SMILES string of the molecule is O=S(=O)(NCC(c1ccc(F)cc1)S(=O)(=O)c1cccs1)c1cccc(Cl)c1. The standard InChI is InChI=1S/C18H15ClFNO4S3/c19-14-3-1-4-16(11-14)28(24,25)21-12-17(13-6-8-15(20)9-7-13)27(22,23)18-5-2-10-26-18/h1-11,17,21H,12H2. The molecular weight excluding hydrogens is 445 g/mol. The molecule has 1 heterocycles. The molecule has 1 N–H and O–H groups in total. The molecule has 0 radical (unpaired) electrons. The number of halogens is 2. The molecule has 0 fully saturated rings. The number of rotatable bonds is 7. The lowest BCUT2D eigenvalue weighted by molar-refractivity contribution is 0.569. The summed E-state index contributed by atoms with van der Waals surface area (Å²) in [5.74, 6) is -0.518. The second kappa shape index (κ2) is 8.30. The van der Waals surface area contributed by atoms with Crippen LogP contribution in [0.1, 0.15) is 10.8 Å². The third-order valence-corrected chi connectivity index (χ3v) is 9.15. The molecule has 3 rings (SSSR count). The van der Waals surface area contributed by atoms with Crippen molar-refractivity contribution in [3.63, 3.8) is 0 Å². The van der Waals surface area contributed by atoms with Crippen LogP contribution < -0.4 is 4.72 Å². The number of nitrogens with one attached hydrogen (secondary N) is 1. The van der Waals surface area contributed by atoms with Gasteiger partial charge in [0.05, 0.1) is 4.90 Å². The van der Waals surface area contributed by atoms with Crippen LogP contribution in [0.15, 0.2) is 75.1 Å². The normalized spacial score (nSPS) is 13.4. The highest BCUT2D eigenvalue weighted by atomic mass is 35.5. The number of hydrogen-bond acceptors (Lipinski definition) is 5. The minimum atomic E-state index is -3.99. The van der Waals surface area contributed by atoms with E-state index >= 15 is 0 Å². The predicted octanol–water partition coefficient (Wildman–Crippen LogP) is 4.03. The zero-order chi connectivity index (χ0) is 20.4. The third kappa shape index (κ3) is 4.61. The Morgan fingerprint density at radius 2 is 1.71 bits per heavy atom. The van der Waals surface area contributed by atoms with E-state index in [0.29, 0.717) is 0 Å². The Balaban J connectivity index is 1.95. The second-order valence-corrected chi connectivity index (χ2v) is 11.3. The Labute approximate surface area is 171 Å². The van der Waals surface area contributed by atoms with Crippen molar-refractivity contribution in [1.82, 2.24) is 4.72 Å². The van der Waals surface area contributed by atoms with Gasteiger partial charge in [-0.25, -0.2) is 25.9 Å². The molecular formula is C18H15ClFNO4S3. The summed E-state index contributed by atoms with van der Waals surface area (Å²) in [6.45, 7) is -0.416.